The van der Waals surface area contributed by atoms with Gasteiger partial charge in [-0.15, -0.1) is 0 Å². The second-order valence-corrected chi connectivity index (χ2v) is 7.48. The largest absolute Gasteiger partial charge is 0.493 e. The molecule has 6 heteroatoms. The van der Waals surface area contributed by atoms with Crippen molar-refractivity contribution >= 4 is 5.91 Å². The van der Waals surface area contributed by atoms with Gasteiger partial charge in [-0.1, -0.05) is 24.3 Å². The molecule has 3 rings (SSSR count). The van der Waals surface area contributed by atoms with Crippen molar-refractivity contribution in [3.8, 4) is 17.2 Å². The molecule has 0 saturated heterocycles. The normalized spacial score (nSPS) is 16.5. The van der Waals surface area contributed by atoms with Gasteiger partial charge >= 0.3 is 0 Å². The predicted molar refractivity (Wildman–Crippen MR) is 112 cm³/mol. The number of fused-ring (bicyclic) bond motifs is 1. The van der Waals surface area contributed by atoms with Crippen LogP contribution in [0.3, 0.4) is 0 Å². The van der Waals surface area contributed by atoms with Crippen molar-refractivity contribution in [3.05, 3.63) is 53.1 Å². The first-order chi connectivity index (χ1) is 14.1. The van der Waals surface area contributed by atoms with Crippen LogP contribution in [-0.4, -0.2) is 40.8 Å². The van der Waals surface area contributed by atoms with Crippen molar-refractivity contribution in [1.29, 1.82) is 0 Å². The number of quaternary nitrogens is 1. The Balaban J connectivity index is 1.62. The van der Waals surface area contributed by atoms with E-state index in [4.69, 9.17) is 14.2 Å². The molecule has 156 valence electrons. The summed E-state index contributed by atoms with van der Waals surface area (Å²) in [5.41, 5.74) is 3.70. The molecule has 1 aliphatic rings. The molecule has 2 aromatic rings. The Hall–Kier alpha value is -2.73. The zero-order chi connectivity index (χ0) is 20.8. The Labute approximate surface area is 172 Å². The number of hydrogen-bond acceptors (Lipinski definition) is 4. The van der Waals surface area contributed by atoms with Gasteiger partial charge in [0.15, 0.2) is 18.0 Å². The van der Waals surface area contributed by atoms with Crippen LogP contribution in [0.15, 0.2) is 36.4 Å². The summed E-state index contributed by atoms with van der Waals surface area (Å²) in [7, 11) is 6.84. The van der Waals surface area contributed by atoms with Crippen molar-refractivity contribution in [2.75, 3.05) is 34.9 Å². The number of likely N-dealkylation sites (N-methyl/N-ethyl adjacent to an activating group) is 1. The summed E-state index contributed by atoms with van der Waals surface area (Å²) in [6, 6.07) is 12.7. The number of rotatable bonds is 8. The lowest BCUT2D eigenvalue weighted by atomic mass is 9.87. The van der Waals surface area contributed by atoms with Crippen molar-refractivity contribution < 1.29 is 23.9 Å². The van der Waals surface area contributed by atoms with Crippen molar-refractivity contribution in [2.45, 2.75) is 31.8 Å². The van der Waals surface area contributed by atoms with E-state index in [1.165, 1.54) is 22.4 Å². The molecule has 0 aromatic heterocycles. The Morgan fingerprint density at radius 3 is 2.45 bits per heavy atom. The van der Waals surface area contributed by atoms with E-state index in [0.29, 0.717) is 36.4 Å². The molecule has 1 unspecified atom stereocenters. The highest BCUT2D eigenvalue weighted by Gasteiger charge is 2.27. The van der Waals surface area contributed by atoms with Crippen molar-refractivity contribution in [2.24, 2.45) is 0 Å². The van der Waals surface area contributed by atoms with E-state index < -0.39 is 0 Å². The van der Waals surface area contributed by atoms with Crippen molar-refractivity contribution in [1.82, 2.24) is 5.32 Å². The van der Waals surface area contributed by atoms with E-state index in [1.807, 2.05) is 12.1 Å². The number of ether oxygens (including phenoxy) is 3. The van der Waals surface area contributed by atoms with Gasteiger partial charge in [-0.25, -0.2) is 0 Å². The zero-order valence-corrected chi connectivity index (χ0v) is 17.7. The molecule has 1 amide bonds. The van der Waals surface area contributed by atoms with Gasteiger partial charge in [-0.05, 0) is 36.1 Å². The van der Waals surface area contributed by atoms with Crippen LogP contribution in [0.2, 0.25) is 0 Å². The molecular formula is C23H31N2O4+. The fourth-order valence-corrected chi connectivity index (χ4v) is 4.14. The van der Waals surface area contributed by atoms with E-state index in [1.54, 1.807) is 21.3 Å². The van der Waals surface area contributed by atoms with Gasteiger partial charge in [-0.3, -0.25) is 4.79 Å². The highest BCUT2D eigenvalue weighted by atomic mass is 16.5. The summed E-state index contributed by atoms with van der Waals surface area (Å²) in [4.78, 5) is 13.8. The number of hydrogen-bond donors (Lipinski definition) is 2. The van der Waals surface area contributed by atoms with Gasteiger partial charge in [0.1, 0.15) is 6.04 Å². The standard InChI is InChI=1S/C23H30N2O4/c1-25(19-11-7-9-17-8-5-6-10-18(17)19)15-22(26)24-14-16-12-20(27-2)23(29-4)21(13-16)28-3/h5-6,8,10,12-13,19H,7,9,11,14-15H2,1-4H3,(H,24,26)/p+1/t19-/m0/s1. The van der Waals surface area contributed by atoms with Gasteiger partial charge in [-0.2, -0.15) is 0 Å². The number of carbonyl (C=O) groups is 1. The Bertz CT molecular complexity index is 828. The summed E-state index contributed by atoms with van der Waals surface area (Å²) < 4.78 is 16.1. The smallest absolute Gasteiger partial charge is 0.275 e. The molecule has 29 heavy (non-hydrogen) atoms. The first-order valence-corrected chi connectivity index (χ1v) is 10.0. The highest BCUT2D eigenvalue weighted by Crippen LogP contribution is 2.38. The van der Waals surface area contributed by atoms with E-state index in [0.717, 1.165) is 18.4 Å². The van der Waals surface area contributed by atoms with Gasteiger partial charge in [0.25, 0.3) is 5.91 Å². The average Bonchev–Trinajstić information content (AvgIpc) is 2.76. The topological polar surface area (TPSA) is 61.2 Å². The molecule has 1 aliphatic carbocycles. The fourth-order valence-electron chi connectivity index (χ4n) is 4.14. The molecule has 0 aliphatic heterocycles. The second kappa shape index (κ2) is 9.65. The molecule has 0 saturated carbocycles. The van der Waals surface area contributed by atoms with Crippen molar-refractivity contribution in [3.63, 3.8) is 0 Å². The minimum absolute atomic E-state index is 0.0271. The summed E-state index contributed by atoms with van der Waals surface area (Å²) in [6.45, 7) is 0.841. The molecule has 2 aromatic carbocycles. The lowest BCUT2D eigenvalue weighted by Gasteiger charge is -2.30. The minimum Gasteiger partial charge on any atom is -0.493 e. The first-order valence-electron chi connectivity index (χ1n) is 10.0. The van der Waals surface area contributed by atoms with E-state index >= 15 is 0 Å². The SMILES string of the molecule is COc1cc(CNC(=O)C[NH+](C)[C@H]2CCCc3ccccc32)cc(OC)c1OC. The third-order valence-corrected chi connectivity index (χ3v) is 5.62. The summed E-state index contributed by atoms with van der Waals surface area (Å²) in [5.74, 6) is 1.74. The minimum atomic E-state index is 0.0271. The maximum Gasteiger partial charge on any atom is 0.275 e. The van der Waals surface area contributed by atoms with Gasteiger partial charge < -0.3 is 24.4 Å². The van der Waals surface area contributed by atoms with Crippen LogP contribution in [0.25, 0.3) is 0 Å². The Kier molecular flexibility index (Phi) is 6.99. The Morgan fingerprint density at radius 1 is 1.10 bits per heavy atom. The molecule has 2 N–H and O–H groups in total. The average molecular weight is 400 g/mol. The second-order valence-electron chi connectivity index (χ2n) is 7.48. The van der Waals surface area contributed by atoms with E-state index in [2.05, 4.69) is 36.6 Å². The van der Waals surface area contributed by atoms with Crippen LogP contribution in [-0.2, 0) is 17.8 Å². The molecule has 2 atom stereocenters. The summed E-state index contributed by atoms with van der Waals surface area (Å²) in [6.07, 6.45) is 3.42. The third-order valence-electron chi connectivity index (χ3n) is 5.62. The van der Waals surface area contributed by atoms with Crippen LogP contribution in [0.4, 0.5) is 0 Å². The van der Waals surface area contributed by atoms with Crippen LogP contribution in [0.5, 0.6) is 17.2 Å². The number of benzene rings is 2. The molecule has 0 fully saturated rings. The van der Waals surface area contributed by atoms with E-state index in [-0.39, 0.29) is 5.91 Å². The van der Waals surface area contributed by atoms with Crippen LogP contribution in [0, 0.1) is 0 Å². The highest BCUT2D eigenvalue weighted by molar-refractivity contribution is 5.76. The number of carbonyl (C=O) groups excluding carboxylic acids is 1. The monoisotopic (exact) mass is 399 g/mol. The third kappa shape index (κ3) is 4.82. The quantitative estimate of drug-likeness (QED) is 0.712. The number of aryl methyl sites for hydroxylation is 1. The number of amides is 1. The molecule has 0 radical (unpaired) electrons. The number of nitrogens with one attached hydrogen (secondary N) is 2. The van der Waals surface area contributed by atoms with Crippen LogP contribution >= 0.6 is 0 Å². The maximum atomic E-state index is 12.6. The van der Waals surface area contributed by atoms with Crippen LogP contribution < -0.4 is 24.4 Å². The zero-order valence-electron chi connectivity index (χ0n) is 17.7. The van der Waals surface area contributed by atoms with E-state index in [9.17, 15) is 4.79 Å². The fraction of sp³-hybridized carbons (Fsp3) is 0.435. The van der Waals surface area contributed by atoms with Gasteiger partial charge in [0.2, 0.25) is 5.75 Å². The Morgan fingerprint density at radius 2 is 1.79 bits per heavy atom. The number of methoxy groups -OCH3 is 3. The molecular weight excluding hydrogens is 368 g/mol. The first kappa shape index (κ1) is 21.0. The molecule has 0 heterocycles. The van der Waals surface area contributed by atoms with Gasteiger partial charge in [0.05, 0.1) is 28.4 Å². The lowest BCUT2D eigenvalue weighted by molar-refractivity contribution is -0.905. The molecule has 6 nitrogen and oxygen atoms in total. The maximum absolute atomic E-state index is 12.6. The van der Waals surface area contributed by atoms with Crippen LogP contribution in [0.1, 0.15) is 35.6 Å². The molecule has 0 bridgehead atoms. The summed E-state index contributed by atoms with van der Waals surface area (Å²) in [5, 5.41) is 3.02. The van der Waals surface area contributed by atoms with Gasteiger partial charge in [0, 0.05) is 18.5 Å². The summed E-state index contributed by atoms with van der Waals surface area (Å²) >= 11 is 0. The lowest BCUT2D eigenvalue weighted by Crippen LogP contribution is -3.10. The molecule has 0 spiro atoms. The predicted octanol–water partition coefficient (Wildman–Crippen LogP) is 1.92.